The molecule has 0 aliphatic rings. The summed E-state index contributed by atoms with van der Waals surface area (Å²) >= 11 is 7.10. The van der Waals surface area contributed by atoms with Crippen molar-refractivity contribution in [3.8, 4) is 5.75 Å². The highest BCUT2D eigenvalue weighted by atomic mass is 35.5. The van der Waals surface area contributed by atoms with Gasteiger partial charge < -0.3 is 4.74 Å². The molecule has 1 N–H and O–H groups in total. The predicted molar refractivity (Wildman–Crippen MR) is 94.8 cm³/mol. The maximum absolute atomic E-state index is 13.2. The third-order valence-electron chi connectivity index (χ3n) is 3.26. The molecule has 0 atom stereocenters. The number of hydrogen-bond donors (Lipinski definition) is 1. The van der Waals surface area contributed by atoms with Crippen LogP contribution in [0.1, 0.15) is 20.9 Å². The van der Waals surface area contributed by atoms with Gasteiger partial charge in [-0.1, -0.05) is 29.0 Å². The standard InChI is InChI=1S/C17H13ClFN3O2S/c1-10-7-12(18)5-6-14(10)24-9-15-21-22-17(25-15)20-16(23)11-3-2-4-13(19)8-11/h2-8H,9H2,1H3,(H,20,22,23). The number of amides is 1. The molecular formula is C17H13ClFN3O2S. The van der Waals surface area contributed by atoms with Crippen LogP contribution in [0.15, 0.2) is 42.5 Å². The summed E-state index contributed by atoms with van der Waals surface area (Å²) in [7, 11) is 0. The zero-order valence-corrected chi connectivity index (χ0v) is 14.7. The monoisotopic (exact) mass is 377 g/mol. The fourth-order valence-corrected chi connectivity index (χ4v) is 2.95. The van der Waals surface area contributed by atoms with Gasteiger partial charge in [0.05, 0.1) is 0 Å². The van der Waals surface area contributed by atoms with Gasteiger partial charge >= 0.3 is 0 Å². The Kier molecular flexibility index (Phi) is 5.25. The molecule has 1 heterocycles. The number of ether oxygens (including phenoxy) is 1. The number of anilines is 1. The number of rotatable bonds is 5. The number of carbonyl (C=O) groups is 1. The Hall–Kier alpha value is -2.51. The van der Waals surface area contributed by atoms with Crippen molar-refractivity contribution in [2.45, 2.75) is 13.5 Å². The second kappa shape index (κ2) is 7.58. The number of hydrogen-bond acceptors (Lipinski definition) is 5. The first-order valence-electron chi connectivity index (χ1n) is 7.29. The van der Waals surface area contributed by atoms with Gasteiger partial charge in [0.2, 0.25) is 5.13 Å². The summed E-state index contributed by atoms with van der Waals surface area (Å²) in [6.45, 7) is 2.11. The van der Waals surface area contributed by atoms with Crippen LogP contribution in [0.5, 0.6) is 5.75 Å². The lowest BCUT2D eigenvalue weighted by molar-refractivity contribution is 0.102. The van der Waals surface area contributed by atoms with E-state index in [2.05, 4.69) is 15.5 Å². The topological polar surface area (TPSA) is 64.1 Å². The lowest BCUT2D eigenvalue weighted by Gasteiger charge is -2.07. The van der Waals surface area contributed by atoms with Gasteiger partial charge in [0.15, 0.2) is 5.01 Å². The normalized spacial score (nSPS) is 10.5. The molecule has 25 heavy (non-hydrogen) atoms. The van der Waals surface area contributed by atoms with Crippen molar-refractivity contribution in [3.05, 3.63) is 69.4 Å². The third-order valence-corrected chi connectivity index (χ3v) is 4.31. The van der Waals surface area contributed by atoms with Gasteiger partial charge in [-0.05, 0) is 48.9 Å². The summed E-state index contributed by atoms with van der Waals surface area (Å²) in [5, 5.41) is 12.0. The number of nitrogens with one attached hydrogen (secondary N) is 1. The van der Waals surface area contributed by atoms with E-state index < -0.39 is 11.7 Å². The Bertz CT molecular complexity index is 916. The zero-order chi connectivity index (χ0) is 17.8. The first-order chi connectivity index (χ1) is 12.0. The molecule has 128 valence electrons. The van der Waals surface area contributed by atoms with E-state index in [-0.39, 0.29) is 12.2 Å². The van der Waals surface area contributed by atoms with Crippen LogP contribution in [0.25, 0.3) is 0 Å². The van der Waals surface area contributed by atoms with Crippen molar-refractivity contribution in [3.63, 3.8) is 0 Å². The van der Waals surface area contributed by atoms with Crippen LogP contribution in [-0.2, 0) is 6.61 Å². The number of aromatic nitrogens is 2. The quantitative estimate of drug-likeness (QED) is 0.712. The van der Waals surface area contributed by atoms with Gasteiger partial charge in [0.25, 0.3) is 5.91 Å². The van der Waals surface area contributed by atoms with Crippen LogP contribution in [0.4, 0.5) is 9.52 Å². The minimum atomic E-state index is -0.475. The Morgan fingerprint density at radius 3 is 2.88 bits per heavy atom. The van der Waals surface area contributed by atoms with Gasteiger partial charge in [0, 0.05) is 10.6 Å². The first-order valence-corrected chi connectivity index (χ1v) is 8.49. The highest BCUT2D eigenvalue weighted by Gasteiger charge is 2.11. The molecule has 3 aromatic rings. The average Bonchev–Trinajstić information content (AvgIpc) is 3.01. The molecule has 0 unspecified atom stereocenters. The van der Waals surface area contributed by atoms with E-state index in [0.29, 0.717) is 20.9 Å². The zero-order valence-electron chi connectivity index (χ0n) is 13.1. The molecule has 0 fully saturated rings. The maximum Gasteiger partial charge on any atom is 0.257 e. The molecule has 0 aliphatic carbocycles. The van der Waals surface area contributed by atoms with Crippen LogP contribution in [-0.4, -0.2) is 16.1 Å². The molecule has 0 saturated heterocycles. The van der Waals surface area contributed by atoms with Crippen LogP contribution in [0.2, 0.25) is 5.02 Å². The molecule has 1 aromatic heterocycles. The smallest absolute Gasteiger partial charge is 0.257 e. The number of aryl methyl sites for hydroxylation is 1. The SMILES string of the molecule is Cc1cc(Cl)ccc1OCc1nnc(NC(=O)c2cccc(F)c2)s1. The molecule has 0 aliphatic heterocycles. The van der Waals surface area contributed by atoms with Crippen LogP contribution in [0.3, 0.4) is 0 Å². The van der Waals surface area contributed by atoms with Gasteiger partial charge in [-0.25, -0.2) is 4.39 Å². The van der Waals surface area contributed by atoms with E-state index in [1.807, 2.05) is 13.0 Å². The van der Waals surface area contributed by atoms with Crippen LogP contribution >= 0.6 is 22.9 Å². The number of nitrogens with zero attached hydrogens (tertiary/aromatic N) is 2. The minimum Gasteiger partial charge on any atom is -0.486 e. The van der Waals surface area contributed by atoms with Gasteiger partial charge in [0.1, 0.15) is 18.2 Å². The molecule has 1 amide bonds. The Morgan fingerprint density at radius 1 is 1.28 bits per heavy atom. The van der Waals surface area contributed by atoms with Gasteiger partial charge in [-0.15, -0.1) is 10.2 Å². The van der Waals surface area contributed by atoms with Crippen molar-refractivity contribution < 1.29 is 13.9 Å². The number of halogens is 2. The fourth-order valence-electron chi connectivity index (χ4n) is 2.08. The lowest BCUT2D eigenvalue weighted by atomic mass is 10.2. The van der Waals surface area contributed by atoms with Gasteiger partial charge in [-0.2, -0.15) is 0 Å². The van der Waals surface area contributed by atoms with Crippen molar-refractivity contribution >= 4 is 34.0 Å². The average molecular weight is 378 g/mol. The molecule has 5 nitrogen and oxygen atoms in total. The summed E-state index contributed by atoms with van der Waals surface area (Å²) < 4.78 is 18.8. The predicted octanol–water partition coefficient (Wildman–Crippen LogP) is 4.47. The summed E-state index contributed by atoms with van der Waals surface area (Å²) in [5.41, 5.74) is 1.13. The molecule has 0 saturated carbocycles. The molecule has 0 bridgehead atoms. The fraction of sp³-hybridized carbons (Fsp3) is 0.118. The van der Waals surface area contributed by atoms with Crippen molar-refractivity contribution in [1.82, 2.24) is 10.2 Å². The van der Waals surface area contributed by atoms with E-state index in [1.54, 1.807) is 12.1 Å². The summed E-state index contributed by atoms with van der Waals surface area (Å²) in [5.74, 6) is -0.223. The van der Waals surface area contributed by atoms with Crippen molar-refractivity contribution in [2.75, 3.05) is 5.32 Å². The lowest BCUT2D eigenvalue weighted by Crippen LogP contribution is -2.11. The van der Waals surface area contributed by atoms with E-state index >= 15 is 0 Å². The minimum absolute atomic E-state index is 0.213. The second-order valence-corrected chi connectivity index (χ2v) is 6.66. The first kappa shape index (κ1) is 17.3. The molecule has 0 spiro atoms. The van der Waals surface area contributed by atoms with E-state index in [9.17, 15) is 9.18 Å². The highest BCUT2D eigenvalue weighted by Crippen LogP contribution is 2.24. The molecule has 8 heteroatoms. The second-order valence-electron chi connectivity index (χ2n) is 5.16. The Morgan fingerprint density at radius 2 is 2.12 bits per heavy atom. The molecule has 2 aromatic carbocycles. The maximum atomic E-state index is 13.2. The molecule has 0 radical (unpaired) electrons. The number of benzene rings is 2. The summed E-state index contributed by atoms with van der Waals surface area (Å²) in [4.78, 5) is 12.0. The van der Waals surface area contributed by atoms with Gasteiger partial charge in [-0.3, -0.25) is 10.1 Å². The number of carbonyl (C=O) groups excluding carboxylic acids is 1. The van der Waals surface area contributed by atoms with E-state index in [1.165, 1.54) is 29.5 Å². The summed E-state index contributed by atoms with van der Waals surface area (Å²) in [6.07, 6.45) is 0. The summed E-state index contributed by atoms with van der Waals surface area (Å²) in [6, 6.07) is 10.8. The van der Waals surface area contributed by atoms with E-state index in [4.69, 9.17) is 16.3 Å². The van der Waals surface area contributed by atoms with Crippen molar-refractivity contribution in [2.24, 2.45) is 0 Å². The Labute approximate surface area is 152 Å². The van der Waals surface area contributed by atoms with E-state index in [0.717, 1.165) is 11.6 Å². The van der Waals surface area contributed by atoms with Crippen LogP contribution < -0.4 is 10.1 Å². The van der Waals surface area contributed by atoms with Crippen LogP contribution in [0, 0.1) is 12.7 Å². The molecule has 3 rings (SSSR count). The Balaban J connectivity index is 1.61. The molecular weight excluding hydrogens is 365 g/mol. The largest absolute Gasteiger partial charge is 0.486 e. The highest BCUT2D eigenvalue weighted by molar-refractivity contribution is 7.15. The third kappa shape index (κ3) is 4.52. The van der Waals surface area contributed by atoms with Crippen molar-refractivity contribution in [1.29, 1.82) is 0 Å².